The fourth-order valence-corrected chi connectivity index (χ4v) is 4.74. The molecule has 0 aliphatic carbocycles. The third-order valence-electron chi connectivity index (χ3n) is 2.51. The van der Waals surface area contributed by atoms with E-state index < -0.39 is 18.4 Å². The minimum absolute atomic E-state index is 0.0829. The summed E-state index contributed by atoms with van der Waals surface area (Å²) in [6.07, 6.45) is 1.53. The van der Waals surface area contributed by atoms with Gasteiger partial charge in [-0.25, -0.2) is 0 Å². The summed E-state index contributed by atoms with van der Waals surface area (Å²) in [5, 5.41) is 18.8. The molecule has 1 heterocycles. The smallest absolute Gasteiger partial charge is 0.323 e. The van der Waals surface area contributed by atoms with Crippen molar-refractivity contribution in [3.05, 3.63) is 29.7 Å². The number of hydrogen-bond donors (Lipinski definition) is 2. The molecule has 1 aromatic carbocycles. The van der Waals surface area contributed by atoms with E-state index in [4.69, 9.17) is 17.3 Å². The molecule has 0 spiro atoms. The summed E-state index contributed by atoms with van der Waals surface area (Å²) in [5.41, 5.74) is 0.502. The van der Waals surface area contributed by atoms with Gasteiger partial charge in [-0.2, -0.15) is 0 Å². The molecule has 1 aliphatic rings. The number of hydrogen-bond acceptors (Lipinski definition) is 5. The standard InChI is InChI=1S/C12H7I2NO4S2/c13-6-1-5(10(18)7(14)3-6)2-8-11(19)15(4-9(16)17)12(20)21-8/h1-3,18H,4H2,(H,16,17). The van der Waals surface area contributed by atoms with Gasteiger partial charge in [0, 0.05) is 9.13 Å². The van der Waals surface area contributed by atoms with Crippen LogP contribution in [0.2, 0.25) is 0 Å². The van der Waals surface area contributed by atoms with Crippen LogP contribution in [-0.2, 0) is 9.59 Å². The number of amides is 1. The molecule has 9 heteroatoms. The van der Waals surface area contributed by atoms with Crippen molar-refractivity contribution < 1.29 is 19.8 Å². The first-order chi connectivity index (χ1) is 9.79. The van der Waals surface area contributed by atoms with Gasteiger partial charge in [0.05, 0.1) is 8.48 Å². The van der Waals surface area contributed by atoms with Crippen LogP contribution in [0.1, 0.15) is 5.56 Å². The third kappa shape index (κ3) is 3.87. The zero-order valence-corrected chi connectivity index (χ0v) is 16.1. The Balaban J connectivity index is 2.37. The van der Waals surface area contributed by atoms with Crippen LogP contribution in [0.5, 0.6) is 5.75 Å². The number of benzene rings is 1. The first-order valence-electron chi connectivity index (χ1n) is 5.44. The number of phenolic OH excluding ortho intramolecular Hbond substituents is 1. The van der Waals surface area contributed by atoms with Gasteiger partial charge in [0.15, 0.2) is 0 Å². The molecule has 1 fully saturated rings. The van der Waals surface area contributed by atoms with Crippen LogP contribution < -0.4 is 0 Å². The average Bonchev–Trinajstić information content (AvgIpc) is 2.63. The first-order valence-corrected chi connectivity index (χ1v) is 8.83. The fourth-order valence-electron chi connectivity index (χ4n) is 1.61. The number of carbonyl (C=O) groups is 2. The van der Waals surface area contributed by atoms with Gasteiger partial charge >= 0.3 is 5.97 Å². The third-order valence-corrected chi connectivity index (χ3v) is 5.33. The highest BCUT2D eigenvalue weighted by Gasteiger charge is 2.33. The number of aromatic hydroxyl groups is 1. The van der Waals surface area contributed by atoms with Crippen molar-refractivity contribution in [2.75, 3.05) is 6.54 Å². The second-order valence-corrected chi connectivity index (χ2v) is 8.07. The van der Waals surface area contributed by atoms with E-state index in [1.165, 1.54) is 6.08 Å². The molecular weight excluding hydrogens is 540 g/mol. The highest BCUT2D eigenvalue weighted by Crippen LogP contribution is 2.35. The maximum absolute atomic E-state index is 12.1. The SMILES string of the molecule is O=C(O)CN1C(=O)C(=Cc2cc(I)cc(I)c2O)SC1=S. The quantitative estimate of drug-likeness (QED) is 0.345. The minimum Gasteiger partial charge on any atom is -0.506 e. The normalized spacial score (nSPS) is 16.9. The number of thiocarbonyl (C=S) groups is 1. The van der Waals surface area contributed by atoms with Crippen molar-refractivity contribution in [1.29, 1.82) is 0 Å². The second-order valence-electron chi connectivity index (χ2n) is 3.99. The number of carbonyl (C=O) groups excluding carboxylic acids is 1. The number of nitrogens with zero attached hydrogens (tertiary/aromatic N) is 1. The van der Waals surface area contributed by atoms with E-state index >= 15 is 0 Å². The van der Waals surface area contributed by atoms with Crippen molar-refractivity contribution in [3.63, 3.8) is 0 Å². The maximum atomic E-state index is 12.1. The Morgan fingerprint density at radius 3 is 2.71 bits per heavy atom. The van der Waals surface area contributed by atoms with Gasteiger partial charge in [0.1, 0.15) is 16.6 Å². The molecule has 21 heavy (non-hydrogen) atoms. The summed E-state index contributed by atoms with van der Waals surface area (Å²) in [7, 11) is 0. The Kier molecular flexibility index (Phi) is 5.48. The predicted octanol–water partition coefficient (Wildman–Crippen LogP) is 2.89. The molecule has 1 aromatic rings. The monoisotopic (exact) mass is 547 g/mol. The molecule has 110 valence electrons. The molecule has 2 N–H and O–H groups in total. The Morgan fingerprint density at radius 1 is 1.43 bits per heavy atom. The van der Waals surface area contributed by atoms with Crippen molar-refractivity contribution in [2.24, 2.45) is 0 Å². The van der Waals surface area contributed by atoms with E-state index in [2.05, 4.69) is 22.6 Å². The molecule has 0 atom stereocenters. The molecule has 2 rings (SSSR count). The van der Waals surface area contributed by atoms with Gasteiger partial charge in [-0.3, -0.25) is 14.5 Å². The van der Waals surface area contributed by atoms with Crippen LogP contribution >= 0.6 is 69.2 Å². The average molecular weight is 547 g/mol. The minimum atomic E-state index is -1.13. The van der Waals surface area contributed by atoms with Crippen LogP contribution in [0, 0.1) is 7.14 Å². The number of halogens is 2. The highest BCUT2D eigenvalue weighted by molar-refractivity contribution is 14.1. The molecule has 0 radical (unpaired) electrons. The number of aliphatic carboxylic acids is 1. The topological polar surface area (TPSA) is 77.8 Å². The van der Waals surface area contributed by atoms with Crippen molar-refractivity contribution in [2.45, 2.75) is 0 Å². The zero-order valence-electron chi connectivity index (χ0n) is 10.2. The lowest BCUT2D eigenvalue weighted by atomic mass is 10.2. The van der Waals surface area contributed by atoms with Crippen LogP contribution in [0.3, 0.4) is 0 Å². The van der Waals surface area contributed by atoms with Crippen LogP contribution in [-0.4, -0.2) is 37.9 Å². The number of thioether (sulfide) groups is 1. The Morgan fingerprint density at radius 2 is 2.10 bits per heavy atom. The molecule has 0 unspecified atom stereocenters. The van der Waals surface area contributed by atoms with Crippen LogP contribution in [0.4, 0.5) is 0 Å². The van der Waals surface area contributed by atoms with E-state index in [1.807, 2.05) is 28.7 Å². The van der Waals surface area contributed by atoms with Gasteiger partial charge in [0.2, 0.25) is 0 Å². The Hall–Kier alpha value is -0.400. The van der Waals surface area contributed by atoms with E-state index in [0.29, 0.717) is 14.0 Å². The number of carboxylic acids is 1. The highest BCUT2D eigenvalue weighted by atomic mass is 127. The van der Waals surface area contributed by atoms with E-state index in [1.54, 1.807) is 6.07 Å². The molecule has 1 amide bonds. The molecule has 5 nitrogen and oxygen atoms in total. The van der Waals surface area contributed by atoms with Gasteiger partial charge in [0.25, 0.3) is 5.91 Å². The number of phenols is 1. The predicted molar refractivity (Wildman–Crippen MR) is 101 cm³/mol. The summed E-state index contributed by atoms with van der Waals surface area (Å²) in [6, 6.07) is 3.55. The number of rotatable bonds is 3. The van der Waals surface area contributed by atoms with E-state index in [9.17, 15) is 14.7 Å². The molecule has 0 aromatic heterocycles. The summed E-state index contributed by atoms with van der Waals surface area (Å²) in [6.45, 7) is -0.460. The summed E-state index contributed by atoms with van der Waals surface area (Å²) in [4.78, 5) is 24.2. The fraction of sp³-hybridized carbons (Fsp3) is 0.0833. The zero-order chi connectivity index (χ0) is 15.7. The summed E-state index contributed by atoms with van der Waals surface area (Å²) in [5.74, 6) is -1.50. The van der Waals surface area contributed by atoms with Gasteiger partial charge in [-0.05, 0) is 63.4 Å². The molecule has 1 saturated heterocycles. The summed E-state index contributed by atoms with van der Waals surface area (Å²) < 4.78 is 1.79. The van der Waals surface area contributed by atoms with Gasteiger partial charge in [-0.1, -0.05) is 24.0 Å². The molecular formula is C12H7I2NO4S2. The molecule has 0 saturated carbocycles. The Bertz CT molecular complexity index is 690. The van der Waals surface area contributed by atoms with Crippen molar-refractivity contribution in [1.82, 2.24) is 4.90 Å². The Labute approximate surface area is 157 Å². The lowest BCUT2D eigenvalue weighted by Crippen LogP contribution is -2.33. The first kappa shape index (κ1) is 17.0. The van der Waals surface area contributed by atoms with Crippen LogP contribution in [0.25, 0.3) is 6.08 Å². The number of carboxylic acid groups (broad SMARTS) is 1. The largest absolute Gasteiger partial charge is 0.506 e. The second kappa shape index (κ2) is 6.79. The lowest BCUT2D eigenvalue weighted by Gasteiger charge is -2.10. The molecule has 1 aliphatic heterocycles. The van der Waals surface area contributed by atoms with E-state index in [0.717, 1.165) is 20.2 Å². The van der Waals surface area contributed by atoms with Gasteiger partial charge in [-0.15, -0.1) is 0 Å². The van der Waals surface area contributed by atoms with E-state index in [-0.39, 0.29) is 10.1 Å². The van der Waals surface area contributed by atoms with Crippen molar-refractivity contribution >= 4 is 91.4 Å². The van der Waals surface area contributed by atoms with Crippen LogP contribution in [0.15, 0.2) is 17.0 Å². The summed E-state index contributed by atoms with van der Waals surface area (Å²) >= 11 is 10.2. The molecule has 0 bridgehead atoms. The van der Waals surface area contributed by atoms with Crippen molar-refractivity contribution in [3.8, 4) is 5.75 Å². The lowest BCUT2D eigenvalue weighted by molar-refractivity contribution is -0.140. The van der Waals surface area contributed by atoms with Gasteiger partial charge < -0.3 is 10.2 Å². The maximum Gasteiger partial charge on any atom is 0.323 e.